The van der Waals surface area contributed by atoms with Gasteiger partial charge in [0, 0.05) is 6.08 Å². The number of hydrogen-bond donors (Lipinski definition) is 0. The van der Waals surface area contributed by atoms with Crippen LogP contribution in [0.2, 0.25) is 0 Å². The van der Waals surface area contributed by atoms with Gasteiger partial charge in [0.15, 0.2) is 11.5 Å². The molecule has 6 heteroatoms. The molecule has 0 heterocycles. The number of fused-ring (bicyclic) bond motifs is 1. The van der Waals surface area contributed by atoms with Gasteiger partial charge in [-0.25, -0.2) is 4.79 Å². The van der Waals surface area contributed by atoms with Crippen molar-refractivity contribution in [3.05, 3.63) is 65.2 Å². The van der Waals surface area contributed by atoms with Gasteiger partial charge in [0.25, 0.3) is 0 Å². The molecule has 0 saturated heterocycles. The number of alkyl halides is 2. The highest BCUT2D eigenvalue weighted by Crippen LogP contribution is 2.34. The summed E-state index contributed by atoms with van der Waals surface area (Å²) in [6.07, 6.45) is 4.27. The molecule has 0 aromatic heterocycles. The summed E-state index contributed by atoms with van der Waals surface area (Å²) >= 11 is 0. The fourth-order valence-corrected chi connectivity index (χ4v) is 2.97. The quantitative estimate of drug-likeness (QED) is 0.560. The maximum Gasteiger partial charge on any atom is 0.387 e. The minimum absolute atomic E-state index is 0.0650. The van der Waals surface area contributed by atoms with Crippen molar-refractivity contribution in [1.29, 1.82) is 0 Å². The number of benzene rings is 2. The highest BCUT2D eigenvalue weighted by molar-refractivity contribution is 5.87. The lowest BCUT2D eigenvalue weighted by Crippen LogP contribution is -2.06. The molecule has 1 aliphatic carbocycles. The molecular weight excluding hydrogens is 342 g/mol. The fraction of sp³-hybridized carbons (Fsp3) is 0.250. The van der Waals surface area contributed by atoms with E-state index in [0.29, 0.717) is 5.56 Å². The lowest BCUT2D eigenvalue weighted by Gasteiger charge is -2.12. The molecule has 136 valence electrons. The molecule has 3 rings (SSSR count). The molecule has 0 radical (unpaired) electrons. The number of carbonyl (C=O) groups excluding carboxylic acids is 1. The largest absolute Gasteiger partial charge is 0.493 e. The summed E-state index contributed by atoms with van der Waals surface area (Å²) in [5.41, 5.74) is 2.85. The summed E-state index contributed by atoms with van der Waals surface area (Å²) in [6.45, 7) is -2.94. The van der Waals surface area contributed by atoms with Crippen LogP contribution in [0.25, 0.3) is 6.08 Å². The van der Waals surface area contributed by atoms with E-state index in [-0.39, 0.29) is 17.6 Å². The van der Waals surface area contributed by atoms with Crippen LogP contribution in [0.3, 0.4) is 0 Å². The molecule has 0 bridgehead atoms. The summed E-state index contributed by atoms with van der Waals surface area (Å²) in [7, 11) is 1.35. The number of rotatable bonds is 6. The van der Waals surface area contributed by atoms with Crippen LogP contribution in [0.5, 0.6) is 11.5 Å². The molecule has 1 atom stereocenters. The molecule has 1 aliphatic rings. The number of hydrogen-bond acceptors (Lipinski definition) is 4. The van der Waals surface area contributed by atoms with Crippen molar-refractivity contribution in [2.75, 3.05) is 7.11 Å². The van der Waals surface area contributed by atoms with Crippen molar-refractivity contribution in [2.45, 2.75) is 25.6 Å². The van der Waals surface area contributed by atoms with Gasteiger partial charge in [-0.2, -0.15) is 8.78 Å². The van der Waals surface area contributed by atoms with Gasteiger partial charge < -0.3 is 14.2 Å². The normalized spacial score (nSPS) is 15.9. The molecule has 0 aliphatic heterocycles. The third-order valence-corrected chi connectivity index (χ3v) is 4.15. The van der Waals surface area contributed by atoms with Crippen LogP contribution in [0.15, 0.2) is 48.5 Å². The highest BCUT2D eigenvalue weighted by Gasteiger charge is 2.24. The smallest absolute Gasteiger partial charge is 0.387 e. The van der Waals surface area contributed by atoms with Crippen molar-refractivity contribution in [3.63, 3.8) is 0 Å². The van der Waals surface area contributed by atoms with Gasteiger partial charge in [-0.1, -0.05) is 30.3 Å². The van der Waals surface area contributed by atoms with Crippen LogP contribution < -0.4 is 9.47 Å². The molecule has 2 aromatic rings. The molecule has 0 unspecified atom stereocenters. The molecule has 26 heavy (non-hydrogen) atoms. The Hall–Kier alpha value is -2.89. The molecule has 0 N–H and O–H groups in total. The van der Waals surface area contributed by atoms with Crippen LogP contribution >= 0.6 is 0 Å². The summed E-state index contributed by atoms with van der Waals surface area (Å²) in [5.74, 6) is -0.367. The average molecular weight is 360 g/mol. The van der Waals surface area contributed by atoms with E-state index in [1.165, 1.54) is 37.0 Å². The number of ether oxygens (including phenoxy) is 3. The minimum Gasteiger partial charge on any atom is -0.493 e. The fourth-order valence-electron chi connectivity index (χ4n) is 2.97. The zero-order valence-corrected chi connectivity index (χ0v) is 14.2. The summed E-state index contributed by atoms with van der Waals surface area (Å²) in [5, 5.41) is 0. The Morgan fingerprint density at radius 3 is 2.77 bits per heavy atom. The molecule has 0 amide bonds. The van der Waals surface area contributed by atoms with E-state index in [0.717, 1.165) is 18.4 Å². The number of carbonyl (C=O) groups is 1. The first-order chi connectivity index (χ1) is 12.6. The highest BCUT2D eigenvalue weighted by atomic mass is 19.3. The van der Waals surface area contributed by atoms with E-state index in [9.17, 15) is 13.6 Å². The number of methoxy groups -OCH3 is 1. The zero-order chi connectivity index (χ0) is 18.5. The second-order valence-corrected chi connectivity index (χ2v) is 5.79. The van der Waals surface area contributed by atoms with Crippen LogP contribution in [-0.4, -0.2) is 19.7 Å². The summed E-state index contributed by atoms with van der Waals surface area (Å²) < 4.78 is 39.6. The monoisotopic (exact) mass is 360 g/mol. The van der Waals surface area contributed by atoms with E-state index < -0.39 is 12.6 Å². The first kappa shape index (κ1) is 17.9. The van der Waals surface area contributed by atoms with E-state index in [1.807, 2.05) is 24.3 Å². The number of esters is 1. The average Bonchev–Trinajstić information content (AvgIpc) is 3.03. The molecular formula is C20H18F2O4. The molecule has 0 fully saturated rings. The standard InChI is InChI=1S/C20H18F2O4/c1-24-18-12-13(6-9-17(18)26-20(21)22)7-11-19(23)25-16-10-8-14-4-2-3-5-15(14)16/h2-7,9,11-12,16,20H,8,10H2,1H3/b11-7+/t16-/m0/s1. The predicted octanol–water partition coefficient (Wildman–Crippen LogP) is 4.54. The van der Waals surface area contributed by atoms with Crippen LogP contribution in [-0.2, 0) is 16.0 Å². The van der Waals surface area contributed by atoms with Crippen LogP contribution in [0.4, 0.5) is 8.78 Å². The first-order valence-corrected chi connectivity index (χ1v) is 8.16. The Labute approximate surface area is 150 Å². The first-order valence-electron chi connectivity index (χ1n) is 8.16. The molecule has 0 saturated carbocycles. The molecule has 2 aromatic carbocycles. The zero-order valence-electron chi connectivity index (χ0n) is 14.2. The Morgan fingerprint density at radius 1 is 1.19 bits per heavy atom. The van der Waals surface area contributed by atoms with Gasteiger partial charge in [-0.05, 0) is 47.7 Å². The lowest BCUT2D eigenvalue weighted by molar-refractivity contribution is -0.143. The third-order valence-electron chi connectivity index (χ3n) is 4.15. The van der Waals surface area contributed by atoms with Crippen molar-refractivity contribution in [1.82, 2.24) is 0 Å². The second kappa shape index (κ2) is 7.99. The van der Waals surface area contributed by atoms with Gasteiger partial charge in [0.05, 0.1) is 7.11 Å². The van der Waals surface area contributed by atoms with Gasteiger partial charge in [0.1, 0.15) is 6.10 Å². The Bertz CT molecular complexity index is 817. The Morgan fingerprint density at radius 2 is 2.00 bits per heavy atom. The van der Waals surface area contributed by atoms with Gasteiger partial charge in [-0.15, -0.1) is 0 Å². The second-order valence-electron chi connectivity index (χ2n) is 5.79. The van der Waals surface area contributed by atoms with Gasteiger partial charge in [0.2, 0.25) is 0 Å². The SMILES string of the molecule is COc1cc(/C=C/C(=O)O[C@H]2CCc3ccccc32)ccc1OC(F)F. The van der Waals surface area contributed by atoms with Crippen molar-refractivity contribution >= 4 is 12.0 Å². The summed E-state index contributed by atoms with van der Waals surface area (Å²) in [6, 6.07) is 12.3. The van der Waals surface area contributed by atoms with Crippen molar-refractivity contribution in [3.8, 4) is 11.5 Å². The Balaban J connectivity index is 1.65. The van der Waals surface area contributed by atoms with Gasteiger partial charge in [-0.3, -0.25) is 0 Å². The number of aryl methyl sites for hydroxylation is 1. The van der Waals surface area contributed by atoms with Crippen molar-refractivity contribution in [2.24, 2.45) is 0 Å². The van der Waals surface area contributed by atoms with Crippen LogP contribution in [0, 0.1) is 0 Å². The number of halogens is 2. The Kier molecular flexibility index (Phi) is 5.51. The van der Waals surface area contributed by atoms with E-state index >= 15 is 0 Å². The summed E-state index contributed by atoms with van der Waals surface area (Å²) in [4.78, 5) is 12.1. The maximum absolute atomic E-state index is 12.3. The maximum atomic E-state index is 12.3. The van der Waals surface area contributed by atoms with Crippen LogP contribution in [0.1, 0.15) is 29.2 Å². The lowest BCUT2D eigenvalue weighted by atomic mass is 10.1. The minimum atomic E-state index is -2.94. The molecule has 0 spiro atoms. The van der Waals surface area contributed by atoms with E-state index in [1.54, 1.807) is 6.07 Å². The van der Waals surface area contributed by atoms with E-state index in [2.05, 4.69) is 4.74 Å². The predicted molar refractivity (Wildman–Crippen MR) is 92.3 cm³/mol. The third kappa shape index (κ3) is 4.20. The topological polar surface area (TPSA) is 44.8 Å². The van der Waals surface area contributed by atoms with E-state index in [4.69, 9.17) is 9.47 Å². The van der Waals surface area contributed by atoms with Gasteiger partial charge >= 0.3 is 12.6 Å². The van der Waals surface area contributed by atoms with Crippen molar-refractivity contribution < 1.29 is 27.8 Å². The molecule has 4 nitrogen and oxygen atoms in total.